The van der Waals surface area contributed by atoms with Crippen LogP contribution < -0.4 is 16.0 Å². The Morgan fingerprint density at radius 2 is 1.96 bits per heavy atom. The number of carbonyl (C=O) groups excluding carboxylic acids is 2. The van der Waals surface area contributed by atoms with Crippen LogP contribution in [0.3, 0.4) is 0 Å². The average Bonchev–Trinajstić information content (AvgIpc) is 2.62. The molecule has 9 heteroatoms. The number of para-hydroxylation sites is 2. The van der Waals surface area contributed by atoms with E-state index in [4.69, 9.17) is 5.73 Å². The lowest BCUT2D eigenvalue weighted by atomic mass is 10.2. The van der Waals surface area contributed by atoms with Crippen LogP contribution in [0.15, 0.2) is 60.3 Å². The van der Waals surface area contributed by atoms with Crippen molar-refractivity contribution in [3.63, 3.8) is 0 Å². The van der Waals surface area contributed by atoms with Crippen LogP contribution in [0.1, 0.15) is 6.92 Å². The highest BCUT2D eigenvalue weighted by Crippen LogP contribution is 2.24. The van der Waals surface area contributed by atoms with Crippen molar-refractivity contribution in [1.29, 1.82) is 5.26 Å². The molecule has 0 spiro atoms. The Labute approximate surface area is 154 Å². The van der Waals surface area contributed by atoms with E-state index in [1.54, 1.807) is 24.3 Å². The van der Waals surface area contributed by atoms with Gasteiger partial charge < -0.3 is 11.1 Å². The largest absolute Gasteiger partial charge is 0.399 e. The smallest absolute Gasteiger partial charge is 0.292 e. The Hall–Kier alpha value is -4.19. The number of nitrogen functional groups attached to an aromatic ring is 1. The molecule has 9 nitrogen and oxygen atoms in total. The van der Waals surface area contributed by atoms with Gasteiger partial charge >= 0.3 is 0 Å². The zero-order valence-electron chi connectivity index (χ0n) is 14.2. The molecule has 0 radical (unpaired) electrons. The fourth-order valence-corrected chi connectivity index (χ4v) is 2.22. The van der Waals surface area contributed by atoms with E-state index in [9.17, 15) is 25.0 Å². The number of benzene rings is 2. The van der Waals surface area contributed by atoms with Crippen molar-refractivity contribution < 1.29 is 14.5 Å². The Bertz CT molecular complexity index is 978. The highest BCUT2D eigenvalue weighted by molar-refractivity contribution is 6.09. The predicted molar refractivity (Wildman–Crippen MR) is 99.4 cm³/mol. The average molecular weight is 365 g/mol. The number of nitriles is 1. The maximum absolute atomic E-state index is 12.4. The maximum Gasteiger partial charge on any atom is 0.292 e. The first kappa shape index (κ1) is 19.1. The maximum atomic E-state index is 12.4. The van der Waals surface area contributed by atoms with E-state index in [-0.39, 0.29) is 11.4 Å². The molecule has 0 fully saturated rings. The first-order chi connectivity index (χ1) is 12.8. The number of anilines is 3. The van der Waals surface area contributed by atoms with Gasteiger partial charge in [0.15, 0.2) is 0 Å². The number of nitro benzene ring substituents is 1. The van der Waals surface area contributed by atoms with Crippen molar-refractivity contribution in [3.8, 4) is 6.07 Å². The zero-order valence-corrected chi connectivity index (χ0v) is 14.2. The van der Waals surface area contributed by atoms with Crippen LogP contribution in [0.2, 0.25) is 0 Å². The van der Waals surface area contributed by atoms with Crippen LogP contribution >= 0.6 is 0 Å². The van der Waals surface area contributed by atoms with Gasteiger partial charge in [0.25, 0.3) is 11.6 Å². The standard InChI is InChI=1S/C18H15N5O4/c1-12(24)22(15-6-4-5-14(20)9-15)11-13(10-19)18(25)21-16-7-2-3-8-17(16)23(26)27/h2-9,11H,20H2,1H3,(H,21,25)/b13-11-. The summed E-state index contributed by atoms with van der Waals surface area (Å²) in [6, 6.07) is 13.5. The van der Waals surface area contributed by atoms with Crippen LogP contribution in [0.5, 0.6) is 0 Å². The van der Waals surface area contributed by atoms with Crippen molar-refractivity contribution in [2.75, 3.05) is 16.0 Å². The second-order valence-electron chi connectivity index (χ2n) is 5.37. The second kappa shape index (κ2) is 8.26. The lowest BCUT2D eigenvalue weighted by Gasteiger charge is -2.17. The van der Waals surface area contributed by atoms with Crippen molar-refractivity contribution in [2.24, 2.45) is 0 Å². The number of hydrogen-bond acceptors (Lipinski definition) is 6. The lowest BCUT2D eigenvalue weighted by molar-refractivity contribution is -0.383. The summed E-state index contributed by atoms with van der Waals surface area (Å²) >= 11 is 0. The number of nitrogens with zero attached hydrogens (tertiary/aromatic N) is 3. The molecular weight excluding hydrogens is 350 g/mol. The minimum absolute atomic E-state index is 0.0630. The van der Waals surface area contributed by atoms with Crippen LogP contribution in [-0.4, -0.2) is 16.7 Å². The van der Waals surface area contributed by atoms with Gasteiger partial charge in [-0.25, -0.2) is 0 Å². The lowest BCUT2D eigenvalue weighted by Crippen LogP contribution is -2.25. The van der Waals surface area contributed by atoms with Crippen LogP contribution in [0.25, 0.3) is 0 Å². The molecular formula is C18H15N5O4. The number of carbonyl (C=O) groups is 2. The summed E-state index contributed by atoms with van der Waals surface area (Å²) in [6.07, 6.45) is 1.06. The molecule has 0 atom stereocenters. The number of rotatable bonds is 5. The number of nitrogens with two attached hydrogens (primary N) is 1. The molecule has 136 valence electrons. The minimum Gasteiger partial charge on any atom is -0.399 e. The predicted octanol–water partition coefficient (Wildman–Crippen LogP) is 2.58. The van der Waals surface area contributed by atoms with Gasteiger partial charge in [-0.05, 0) is 24.3 Å². The molecule has 0 aliphatic carbocycles. The van der Waals surface area contributed by atoms with E-state index in [1.165, 1.54) is 37.3 Å². The monoisotopic (exact) mass is 365 g/mol. The normalized spacial score (nSPS) is 10.6. The Morgan fingerprint density at radius 1 is 1.26 bits per heavy atom. The molecule has 2 amide bonds. The van der Waals surface area contributed by atoms with Gasteiger partial charge in [0.05, 0.1) is 10.6 Å². The van der Waals surface area contributed by atoms with Crippen molar-refractivity contribution in [3.05, 3.63) is 70.4 Å². The second-order valence-corrected chi connectivity index (χ2v) is 5.37. The van der Waals surface area contributed by atoms with Crippen molar-refractivity contribution >= 4 is 34.6 Å². The molecule has 3 N–H and O–H groups in total. The Morgan fingerprint density at radius 3 is 2.56 bits per heavy atom. The fourth-order valence-electron chi connectivity index (χ4n) is 2.22. The molecule has 0 aromatic heterocycles. The van der Waals surface area contributed by atoms with E-state index in [0.29, 0.717) is 11.4 Å². The first-order valence-electron chi connectivity index (χ1n) is 7.65. The van der Waals surface area contributed by atoms with Gasteiger partial charge in [0, 0.05) is 24.9 Å². The molecule has 0 bridgehead atoms. The van der Waals surface area contributed by atoms with E-state index < -0.39 is 22.3 Å². The molecule has 0 unspecified atom stereocenters. The summed E-state index contributed by atoms with van der Waals surface area (Å²) in [7, 11) is 0. The van der Waals surface area contributed by atoms with E-state index in [1.807, 2.05) is 0 Å². The zero-order chi connectivity index (χ0) is 20.0. The van der Waals surface area contributed by atoms with Gasteiger partial charge in [0.2, 0.25) is 5.91 Å². The van der Waals surface area contributed by atoms with E-state index >= 15 is 0 Å². The summed E-state index contributed by atoms with van der Waals surface area (Å²) in [4.78, 5) is 35.8. The molecule has 0 saturated carbocycles. The molecule has 2 aromatic carbocycles. The SMILES string of the molecule is CC(=O)N(/C=C(/C#N)C(=O)Nc1ccccc1[N+](=O)[O-])c1cccc(N)c1. The first-order valence-corrected chi connectivity index (χ1v) is 7.65. The number of nitrogens with one attached hydrogen (secondary N) is 1. The molecule has 0 saturated heterocycles. The van der Waals surface area contributed by atoms with Gasteiger partial charge in [-0.2, -0.15) is 5.26 Å². The third kappa shape index (κ3) is 4.67. The molecule has 2 rings (SSSR count). The number of hydrogen-bond donors (Lipinski definition) is 2. The fraction of sp³-hybridized carbons (Fsp3) is 0.0556. The summed E-state index contributed by atoms with van der Waals surface area (Å²) in [5.41, 5.74) is 5.68. The molecule has 27 heavy (non-hydrogen) atoms. The van der Waals surface area contributed by atoms with Crippen molar-refractivity contribution in [1.82, 2.24) is 0 Å². The van der Waals surface area contributed by atoms with Crippen LogP contribution in [0.4, 0.5) is 22.7 Å². The summed E-state index contributed by atoms with van der Waals surface area (Å²) in [5, 5.41) is 22.7. The third-order valence-corrected chi connectivity index (χ3v) is 3.46. The number of amides is 2. The highest BCUT2D eigenvalue weighted by Gasteiger charge is 2.19. The van der Waals surface area contributed by atoms with E-state index in [2.05, 4.69) is 5.32 Å². The van der Waals surface area contributed by atoms with Crippen molar-refractivity contribution in [2.45, 2.75) is 6.92 Å². The summed E-state index contributed by atoms with van der Waals surface area (Å²) < 4.78 is 0. The summed E-state index contributed by atoms with van der Waals surface area (Å²) in [5.74, 6) is -1.34. The molecule has 2 aromatic rings. The van der Waals surface area contributed by atoms with Gasteiger partial charge in [-0.3, -0.25) is 24.6 Å². The quantitative estimate of drug-likeness (QED) is 0.274. The Balaban J connectivity index is 2.36. The van der Waals surface area contributed by atoms with Gasteiger partial charge in [-0.1, -0.05) is 18.2 Å². The summed E-state index contributed by atoms with van der Waals surface area (Å²) in [6.45, 7) is 1.26. The topological polar surface area (TPSA) is 142 Å². The van der Waals surface area contributed by atoms with Crippen LogP contribution in [-0.2, 0) is 9.59 Å². The van der Waals surface area contributed by atoms with Crippen LogP contribution in [0, 0.1) is 21.4 Å². The molecule has 0 aliphatic heterocycles. The van der Waals surface area contributed by atoms with Gasteiger partial charge in [-0.15, -0.1) is 0 Å². The Kier molecular flexibility index (Phi) is 5.86. The highest BCUT2D eigenvalue weighted by atomic mass is 16.6. The van der Waals surface area contributed by atoms with Gasteiger partial charge in [0.1, 0.15) is 17.3 Å². The third-order valence-electron chi connectivity index (χ3n) is 3.46. The molecule has 0 aliphatic rings. The molecule has 0 heterocycles. The number of nitro groups is 1. The van der Waals surface area contributed by atoms with E-state index in [0.717, 1.165) is 11.1 Å². The minimum atomic E-state index is -0.887.